The van der Waals surface area contributed by atoms with Gasteiger partial charge in [-0.1, -0.05) is 13.8 Å². The van der Waals surface area contributed by atoms with Crippen molar-refractivity contribution in [2.75, 3.05) is 47.1 Å². The second-order valence-corrected chi connectivity index (χ2v) is 6.17. The van der Waals surface area contributed by atoms with Gasteiger partial charge in [0.05, 0.1) is 13.2 Å². The fourth-order valence-corrected chi connectivity index (χ4v) is 3.32. The van der Waals surface area contributed by atoms with E-state index in [2.05, 4.69) is 18.7 Å². The second kappa shape index (κ2) is 8.90. The van der Waals surface area contributed by atoms with E-state index >= 15 is 0 Å². The molecule has 1 aliphatic rings. The molecule has 4 unspecified atom stereocenters. The molecule has 0 radical (unpaired) electrons. The number of nitrogens with two attached hydrogens (primary N) is 1. The first-order valence-corrected chi connectivity index (χ1v) is 7.54. The first-order valence-electron chi connectivity index (χ1n) is 7.54. The van der Waals surface area contributed by atoms with Gasteiger partial charge >= 0.3 is 0 Å². The van der Waals surface area contributed by atoms with Crippen molar-refractivity contribution in [1.29, 1.82) is 0 Å². The molecule has 19 heavy (non-hydrogen) atoms. The number of nitrogens with zero attached hydrogens (tertiary/aromatic N) is 1. The Morgan fingerprint density at radius 2 is 1.63 bits per heavy atom. The smallest absolute Gasteiger partial charge is 0.0589 e. The lowest BCUT2D eigenvalue weighted by Gasteiger charge is -2.40. The molecule has 0 aromatic heterocycles. The monoisotopic (exact) mass is 272 g/mol. The maximum atomic E-state index is 6.38. The predicted octanol–water partition coefficient (Wildman–Crippen LogP) is 1.59. The van der Waals surface area contributed by atoms with Crippen LogP contribution >= 0.6 is 0 Å². The Balaban J connectivity index is 2.50. The molecule has 114 valence electrons. The van der Waals surface area contributed by atoms with Gasteiger partial charge in [-0.25, -0.2) is 0 Å². The maximum Gasteiger partial charge on any atom is 0.0589 e. The van der Waals surface area contributed by atoms with Gasteiger partial charge in [0.25, 0.3) is 0 Å². The van der Waals surface area contributed by atoms with Gasteiger partial charge < -0.3 is 15.2 Å². The summed E-state index contributed by atoms with van der Waals surface area (Å²) in [6, 6.07) is 0.339. The minimum Gasteiger partial charge on any atom is -0.383 e. The topological polar surface area (TPSA) is 47.7 Å². The molecule has 4 atom stereocenters. The highest BCUT2D eigenvalue weighted by Crippen LogP contribution is 2.33. The van der Waals surface area contributed by atoms with Crippen molar-refractivity contribution in [2.45, 2.75) is 32.7 Å². The molecule has 1 aliphatic carbocycles. The summed E-state index contributed by atoms with van der Waals surface area (Å²) in [5, 5.41) is 0. The van der Waals surface area contributed by atoms with Crippen molar-refractivity contribution in [3.8, 4) is 0 Å². The summed E-state index contributed by atoms with van der Waals surface area (Å²) >= 11 is 0. The Morgan fingerprint density at radius 3 is 2.11 bits per heavy atom. The largest absolute Gasteiger partial charge is 0.383 e. The molecule has 4 heteroatoms. The Morgan fingerprint density at radius 1 is 1.05 bits per heavy atom. The average molecular weight is 272 g/mol. The molecule has 0 spiro atoms. The van der Waals surface area contributed by atoms with Crippen LogP contribution in [0.25, 0.3) is 0 Å². The Labute approximate surface area is 118 Å². The lowest BCUT2D eigenvalue weighted by Crippen LogP contribution is -2.47. The summed E-state index contributed by atoms with van der Waals surface area (Å²) in [5.41, 5.74) is 6.38. The molecule has 1 fully saturated rings. The van der Waals surface area contributed by atoms with Crippen LogP contribution in [0.4, 0.5) is 0 Å². The molecule has 4 nitrogen and oxygen atoms in total. The van der Waals surface area contributed by atoms with Gasteiger partial charge in [0, 0.05) is 39.9 Å². The van der Waals surface area contributed by atoms with Crippen LogP contribution in [0.5, 0.6) is 0 Å². The van der Waals surface area contributed by atoms with Gasteiger partial charge in [-0.2, -0.15) is 0 Å². The van der Waals surface area contributed by atoms with Gasteiger partial charge in [0.2, 0.25) is 0 Å². The Bertz CT molecular complexity index is 218. The van der Waals surface area contributed by atoms with Crippen LogP contribution in [0, 0.1) is 17.8 Å². The van der Waals surface area contributed by atoms with Gasteiger partial charge in [0.15, 0.2) is 0 Å². The third-order valence-electron chi connectivity index (χ3n) is 4.42. The quantitative estimate of drug-likeness (QED) is 0.729. The number of methoxy groups -OCH3 is 2. The number of hydrogen-bond acceptors (Lipinski definition) is 4. The van der Waals surface area contributed by atoms with Crippen LogP contribution in [0.15, 0.2) is 0 Å². The Kier molecular flexibility index (Phi) is 7.91. The number of rotatable bonds is 8. The van der Waals surface area contributed by atoms with Crippen molar-refractivity contribution in [3.05, 3.63) is 0 Å². The third kappa shape index (κ3) is 5.78. The zero-order valence-corrected chi connectivity index (χ0v) is 13.1. The van der Waals surface area contributed by atoms with Crippen LogP contribution in [0.3, 0.4) is 0 Å². The molecule has 0 heterocycles. The zero-order valence-electron chi connectivity index (χ0n) is 13.1. The predicted molar refractivity (Wildman–Crippen MR) is 79.2 cm³/mol. The summed E-state index contributed by atoms with van der Waals surface area (Å²) in [6.45, 7) is 9.22. The highest BCUT2D eigenvalue weighted by Gasteiger charge is 2.32. The van der Waals surface area contributed by atoms with E-state index in [1.54, 1.807) is 14.2 Å². The van der Waals surface area contributed by atoms with E-state index in [9.17, 15) is 0 Å². The fourth-order valence-electron chi connectivity index (χ4n) is 3.32. The van der Waals surface area contributed by atoms with Crippen LogP contribution < -0.4 is 5.73 Å². The molecular weight excluding hydrogens is 240 g/mol. The highest BCUT2D eigenvalue weighted by molar-refractivity contribution is 4.87. The van der Waals surface area contributed by atoms with Crippen LogP contribution in [-0.2, 0) is 9.47 Å². The Hall–Kier alpha value is -0.160. The van der Waals surface area contributed by atoms with E-state index < -0.39 is 0 Å². The molecule has 1 saturated carbocycles. The summed E-state index contributed by atoms with van der Waals surface area (Å²) in [7, 11) is 3.51. The second-order valence-electron chi connectivity index (χ2n) is 6.17. The van der Waals surface area contributed by atoms with Gasteiger partial charge in [-0.15, -0.1) is 0 Å². The van der Waals surface area contributed by atoms with E-state index in [1.165, 1.54) is 6.42 Å². The standard InChI is InChI=1S/C15H32N2O2/c1-12-9-13(2)14(15(16)10-12)11-17(5-7-18-3)6-8-19-4/h12-15H,5-11,16H2,1-4H3. The zero-order chi connectivity index (χ0) is 14.3. The first-order chi connectivity index (χ1) is 9.08. The van der Waals surface area contributed by atoms with Gasteiger partial charge in [-0.05, 0) is 30.6 Å². The van der Waals surface area contributed by atoms with Crippen LogP contribution in [0.2, 0.25) is 0 Å². The van der Waals surface area contributed by atoms with E-state index in [0.717, 1.165) is 45.2 Å². The minimum absolute atomic E-state index is 0.339. The number of hydrogen-bond donors (Lipinski definition) is 1. The van der Waals surface area contributed by atoms with Gasteiger partial charge in [0.1, 0.15) is 0 Å². The molecule has 2 N–H and O–H groups in total. The molecule has 0 saturated heterocycles. The number of ether oxygens (including phenoxy) is 2. The molecule has 0 amide bonds. The van der Waals surface area contributed by atoms with Crippen molar-refractivity contribution in [2.24, 2.45) is 23.5 Å². The van der Waals surface area contributed by atoms with Crippen molar-refractivity contribution < 1.29 is 9.47 Å². The van der Waals surface area contributed by atoms with Crippen molar-refractivity contribution in [1.82, 2.24) is 4.90 Å². The molecule has 1 rings (SSSR count). The van der Waals surface area contributed by atoms with Gasteiger partial charge in [-0.3, -0.25) is 4.90 Å². The fraction of sp³-hybridized carbons (Fsp3) is 1.00. The molecule has 0 aromatic carbocycles. The third-order valence-corrected chi connectivity index (χ3v) is 4.42. The molecule has 0 aliphatic heterocycles. The lowest BCUT2D eigenvalue weighted by atomic mass is 9.72. The average Bonchev–Trinajstić information content (AvgIpc) is 2.35. The SMILES string of the molecule is COCCN(CCOC)CC1C(C)CC(C)CC1N. The van der Waals surface area contributed by atoms with Crippen LogP contribution in [0.1, 0.15) is 26.7 Å². The molecular formula is C15H32N2O2. The van der Waals surface area contributed by atoms with Crippen LogP contribution in [-0.4, -0.2) is 58.0 Å². The maximum absolute atomic E-state index is 6.38. The minimum atomic E-state index is 0.339. The molecule has 0 bridgehead atoms. The van der Waals surface area contributed by atoms with E-state index in [-0.39, 0.29) is 0 Å². The van der Waals surface area contributed by atoms with E-state index in [4.69, 9.17) is 15.2 Å². The first kappa shape index (κ1) is 16.9. The van der Waals surface area contributed by atoms with Crippen molar-refractivity contribution in [3.63, 3.8) is 0 Å². The van der Waals surface area contributed by atoms with E-state index in [1.807, 2.05) is 0 Å². The van der Waals surface area contributed by atoms with Crippen molar-refractivity contribution >= 4 is 0 Å². The summed E-state index contributed by atoms with van der Waals surface area (Å²) in [5.74, 6) is 2.09. The summed E-state index contributed by atoms with van der Waals surface area (Å²) in [6.07, 6.45) is 2.47. The summed E-state index contributed by atoms with van der Waals surface area (Å²) < 4.78 is 10.4. The normalized spacial score (nSPS) is 31.9. The molecule has 0 aromatic rings. The summed E-state index contributed by atoms with van der Waals surface area (Å²) in [4.78, 5) is 2.43. The lowest BCUT2D eigenvalue weighted by molar-refractivity contribution is 0.0736. The van der Waals surface area contributed by atoms with E-state index in [0.29, 0.717) is 17.9 Å². The highest BCUT2D eigenvalue weighted by atomic mass is 16.5.